The minimum atomic E-state index is 0.280. The van der Waals surface area contributed by atoms with Gasteiger partial charge in [-0.3, -0.25) is 0 Å². The van der Waals surface area contributed by atoms with Crippen molar-refractivity contribution < 1.29 is 0 Å². The first-order chi connectivity index (χ1) is 5.75. The van der Waals surface area contributed by atoms with Crippen molar-refractivity contribution >= 4 is 0 Å². The lowest BCUT2D eigenvalue weighted by Gasteiger charge is -2.46. The van der Waals surface area contributed by atoms with E-state index in [9.17, 15) is 0 Å². The molecule has 1 heteroatoms. The van der Waals surface area contributed by atoms with Gasteiger partial charge in [-0.15, -0.1) is 0 Å². The zero-order valence-electron chi connectivity index (χ0n) is 11.2. The second-order valence-corrected chi connectivity index (χ2v) is 4.69. The van der Waals surface area contributed by atoms with Crippen molar-refractivity contribution in [1.82, 2.24) is 4.90 Å². The monoisotopic (exact) mass is 187 g/mol. The lowest BCUT2D eigenvalue weighted by molar-refractivity contribution is 0.0476. The van der Waals surface area contributed by atoms with Crippen LogP contribution in [0.15, 0.2) is 0 Å². The first-order valence-corrected chi connectivity index (χ1v) is 5.43. The highest BCUT2D eigenvalue weighted by molar-refractivity contribution is 4.91. The van der Waals surface area contributed by atoms with Crippen LogP contribution in [0.4, 0.5) is 0 Å². The molecule has 0 rings (SSSR count). The average molecular weight is 187 g/mol. The van der Waals surface area contributed by atoms with Crippen molar-refractivity contribution in [3.8, 4) is 0 Å². The molecule has 13 heavy (non-hydrogen) atoms. The Morgan fingerprint density at radius 1 is 0.923 bits per heavy atom. The topological polar surface area (TPSA) is 3.24 Å². The third kappa shape index (κ3) is 3.68. The van der Waals surface area contributed by atoms with Gasteiger partial charge in [0.2, 0.25) is 0 Å². The molecule has 0 aromatic carbocycles. The van der Waals surface area contributed by atoms with Gasteiger partial charge in [0.15, 0.2) is 0 Å². The van der Waals surface area contributed by atoms with Crippen LogP contribution in [0.1, 0.15) is 54.9 Å². The molecule has 0 bridgehead atoms. The molecule has 0 N–H and O–H groups in total. The quantitative estimate of drug-likeness (QED) is 0.650. The summed E-state index contributed by atoms with van der Waals surface area (Å²) in [5.41, 5.74) is 0.665. The highest BCUT2D eigenvalue weighted by Gasteiger charge is 2.36. The van der Waals surface area contributed by atoms with Gasteiger partial charge in [-0.25, -0.2) is 0 Å². The number of rotatable bonds is 3. The van der Waals surface area contributed by atoms with Crippen LogP contribution in [0.25, 0.3) is 0 Å². The summed E-state index contributed by atoms with van der Waals surface area (Å²) in [5.74, 6) is 0. The van der Waals surface area contributed by atoms with E-state index in [1.165, 1.54) is 6.42 Å². The van der Waals surface area contributed by atoms with Crippen LogP contribution in [0.3, 0.4) is 0 Å². The fourth-order valence-electron chi connectivity index (χ4n) is 1.04. The van der Waals surface area contributed by atoms with Crippen LogP contribution in [0, 0.1) is 5.41 Å². The van der Waals surface area contributed by atoms with Crippen molar-refractivity contribution in [2.24, 2.45) is 5.41 Å². The normalized spacial score (nSPS) is 12.5. The Kier molecular flexibility index (Phi) is 6.70. The molecule has 0 aromatic rings. The van der Waals surface area contributed by atoms with Crippen LogP contribution in [-0.2, 0) is 0 Å². The summed E-state index contributed by atoms with van der Waals surface area (Å²) in [6.45, 7) is 15.5. The standard InChI is InChI=1S/C10H23N.C2H6/c1-8-9(2,3)10(4,5)11(6)7;1-2/h8H2,1-7H3;1-2H3. The first kappa shape index (κ1) is 15.4. The van der Waals surface area contributed by atoms with Gasteiger partial charge >= 0.3 is 0 Å². The second kappa shape index (κ2) is 5.64. The Morgan fingerprint density at radius 2 is 1.23 bits per heavy atom. The number of nitrogens with zero attached hydrogens (tertiary/aromatic N) is 1. The number of hydrogen-bond acceptors (Lipinski definition) is 1. The van der Waals surface area contributed by atoms with E-state index in [0.717, 1.165) is 0 Å². The third-order valence-corrected chi connectivity index (χ3v) is 3.66. The van der Waals surface area contributed by atoms with E-state index in [1.54, 1.807) is 0 Å². The summed E-state index contributed by atoms with van der Waals surface area (Å²) in [4.78, 5) is 2.30. The van der Waals surface area contributed by atoms with E-state index in [1.807, 2.05) is 13.8 Å². The van der Waals surface area contributed by atoms with Crippen LogP contribution >= 0.6 is 0 Å². The molecule has 0 aliphatic rings. The molecule has 0 unspecified atom stereocenters. The molecular weight excluding hydrogens is 158 g/mol. The Hall–Kier alpha value is -0.0400. The van der Waals surface area contributed by atoms with E-state index < -0.39 is 0 Å². The van der Waals surface area contributed by atoms with Crippen molar-refractivity contribution in [2.45, 2.75) is 60.4 Å². The molecule has 0 heterocycles. The van der Waals surface area contributed by atoms with Gasteiger partial charge in [-0.2, -0.15) is 0 Å². The van der Waals surface area contributed by atoms with E-state index in [0.29, 0.717) is 5.41 Å². The maximum Gasteiger partial charge on any atom is 0.0197 e. The molecule has 0 amide bonds. The average Bonchev–Trinajstić information content (AvgIpc) is 2.07. The highest BCUT2D eigenvalue weighted by Crippen LogP contribution is 2.36. The van der Waals surface area contributed by atoms with Gasteiger partial charge < -0.3 is 4.90 Å². The smallest absolute Gasteiger partial charge is 0.0197 e. The molecule has 0 aliphatic heterocycles. The maximum atomic E-state index is 2.33. The lowest BCUT2D eigenvalue weighted by atomic mass is 9.72. The summed E-state index contributed by atoms with van der Waals surface area (Å²) < 4.78 is 0. The summed E-state index contributed by atoms with van der Waals surface area (Å²) in [7, 11) is 4.30. The van der Waals surface area contributed by atoms with Gasteiger partial charge in [-0.1, -0.05) is 34.6 Å². The molecule has 0 aliphatic carbocycles. The largest absolute Gasteiger partial charge is 0.304 e. The van der Waals surface area contributed by atoms with Crippen LogP contribution in [0.2, 0.25) is 0 Å². The summed E-state index contributed by atoms with van der Waals surface area (Å²) >= 11 is 0. The van der Waals surface area contributed by atoms with Crippen LogP contribution in [0.5, 0.6) is 0 Å². The van der Waals surface area contributed by atoms with Gasteiger partial charge in [0, 0.05) is 5.54 Å². The molecule has 0 aromatic heterocycles. The third-order valence-electron chi connectivity index (χ3n) is 3.66. The van der Waals surface area contributed by atoms with E-state index >= 15 is 0 Å². The van der Waals surface area contributed by atoms with Gasteiger partial charge in [0.25, 0.3) is 0 Å². The Bertz CT molecular complexity index is 123. The molecule has 0 saturated carbocycles. The predicted molar refractivity (Wildman–Crippen MR) is 63.2 cm³/mol. The fourth-order valence-corrected chi connectivity index (χ4v) is 1.04. The van der Waals surface area contributed by atoms with Gasteiger partial charge in [0.05, 0.1) is 0 Å². The van der Waals surface area contributed by atoms with Gasteiger partial charge in [-0.05, 0) is 39.8 Å². The minimum Gasteiger partial charge on any atom is -0.304 e. The van der Waals surface area contributed by atoms with Crippen LogP contribution in [-0.4, -0.2) is 24.5 Å². The summed E-state index contributed by atoms with van der Waals surface area (Å²) in [6, 6.07) is 0. The molecule has 0 radical (unpaired) electrons. The molecule has 1 nitrogen and oxygen atoms in total. The Labute approximate surface area is 85.5 Å². The second-order valence-electron chi connectivity index (χ2n) is 4.69. The first-order valence-electron chi connectivity index (χ1n) is 5.43. The summed E-state index contributed by atoms with van der Waals surface area (Å²) in [5, 5.41) is 0. The number of hydrogen-bond donors (Lipinski definition) is 0. The van der Waals surface area contributed by atoms with Crippen molar-refractivity contribution in [3.63, 3.8) is 0 Å². The molecule has 0 saturated heterocycles. The van der Waals surface area contributed by atoms with Crippen molar-refractivity contribution in [3.05, 3.63) is 0 Å². The molecule has 0 atom stereocenters. The van der Waals surface area contributed by atoms with E-state index in [2.05, 4.69) is 53.6 Å². The molecule has 0 fully saturated rings. The zero-order chi connectivity index (χ0) is 11.3. The minimum absolute atomic E-state index is 0.280. The van der Waals surface area contributed by atoms with Gasteiger partial charge in [0.1, 0.15) is 0 Å². The van der Waals surface area contributed by atoms with E-state index in [4.69, 9.17) is 0 Å². The SMILES string of the molecule is CC.CCC(C)(C)C(C)(C)N(C)C. The van der Waals surface area contributed by atoms with Crippen LogP contribution < -0.4 is 0 Å². The van der Waals surface area contributed by atoms with Crippen molar-refractivity contribution in [1.29, 1.82) is 0 Å². The molecular formula is C12H29N. The zero-order valence-corrected chi connectivity index (χ0v) is 11.2. The molecule has 82 valence electrons. The lowest BCUT2D eigenvalue weighted by Crippen LogP contribution is -2.50. The Morgan fingerprint density at radius 3 is 1.31 bits per heavy atom. The summed E-state index contributed by atoms with van der Waals surface area (Å²) in [6.07, 6.45) is 1.22. The van der Waals surface area contributed by atoms with Crippen molar-refractivity contribution in [2.75, 3.05) is 14.1 Å². The maximum absolute atomic E-state index is 2.33. The Balaban J connectivity index is 0. The van der Waals surface area contributed by atoms with E-state index in [-0.39, 0.29) is 5.54 Å². The predicted octanol–water partition coefficient (Wildman–Crippen LogP) is 3.79. The fraction of sp³-hybridized carbons (Fsp3) is 1.00. The molecule has 0 spiro atoms. The highest BCUT2D eigenvalue weighted by atomic mass is 15.1.